The van der Waals surface area contributed by atoms with E-state index in [0.717, 1.165) is 56.9 Å². The number of rotatable bonds is 8. The third-order valence-electron chi connectivity index (χ3n) is 6.52. The van der Waals surface area contributed by atoms with Gasteiger partial charge in [-0.2, -0.15) is 15.3 Å². The van der Waals surface area contributed by atoms with Crippen LogP contribution in [-0.2, 0) is 4.79 Å². The molecule has 11 nitrogen and oxygen atoms in total. The Morgan fingerprint density at radius 1 is 1.21 bits per heavy atom. The van der Waals surface area contributed by atoms with Crippen LogP contribution in [0.2, 0.25) is 0 Å². The summed E-state index contributed by atoms with van der Waals surface area (Å²) in [4.78, 5) is 27.5. The Hall–Kier alpha value is -3.23. The zero-order chi connectivity index (χ0) is 24.1. The molecule has 4 heterocycles. The molecular formula is C23H34N10O. The minimum absolute atomic E-state index is 0.204. The summed E-state index contributed by atoms with van der Waals surface area (Å²) in [5.74, 6) is 1.11. The fourth-order valence-electron chi connectivity index (χ4n) is 4.38. The molecule has 0 aliphatic carbocycles. The maximum atomic E-state index is 12.3. The van der Waals surface area contributed by atoms with Crippen LogP contribution in [0, 0.1) is 18.3 Å². The van der Waals surface area contributed by atoms with Crippen molar-refractivity contribution in [3.63, 3.8) is 0 Å². The second-order valence-corrected chi connectivity index (χ2v) is 9.22. The van der Waals surface area contributed by atoms with Gasteiger partial charge in [0.1, 0.15) is 17.5 Å². The van der Waals surface area contributed by atoms with Crippen LogP contribution in [0.15, 0.2) is 12.4 Å². The molecule has 4 rings (SSSR count). The molecule has 2 aliphatic heterocycles. The number of aryl methyl sites for hydroxylation is 1. The molecule has 2 aliphatic rings. The molecule has 0 saturated carbocycles. The molecular weight excluding hydrogens is 432 g/mol. The van der Waals surface area contributed by atoms with Crippen LogP contribution in [0.5, 0.6) is 0 Å². The first-order valence-electron chi connectivity index (χ1n) is 11.9. The lowest BCUT2D eigenvalue weighted by molar-refractivity contribution is -0.130. The molecule has 1 unspecified atom stereocenters. The topological polar surface area (TPSA) is 118 Å². The van der Waals surface area contributed by atoms with Crippen LogP contribution in [0.25, 0.3) is 0 Å². The fourth-order valence-corrected chi connectivity index (χ4v) is 4.38. The summed E-state index contributed by atoms with van der Waals surface area (Å²) in [7, 11) is 4.17. The molecule has 2 N–H and O–H groups in total. The van der Waals surface area contributed by atoms with Crippen molar-refractivity contribution in [1.29, 1.82) is 5.26 Å². The Bertz CT molecular complexity index is 1040. The standard InChI is InChI=1S/C23H34N10O/c1-17-20(16-33(29-17)19-5-9-31(3)15-19)27-23-26-14-18(13-24)22(28-23)25-7-4-8-32-12-11-30(2)10-6-21(32)34/h14,16,19H,4-12,15H2,1-3H3,(H2,25,26,27,28). The first-order valence-corrected chi connectivity index (χ1v) is 11.9. The van der Waals surface area contributed by atoms with Crippen molar-refractivity contribution in [2.45, 2.75) is 32.2 Å². The van der Waals surface area contributed by atoms with Gasteiger partial charge in [-0.15, -0.1) is 0 Å². The van der Waals surface area contributed by atoms with Gasteiger partial charge in [-0.3, -0.25) is 9.48 Å². The highest BCUT2D eigenvalue weighted by molar-refractivity contribution is 5.76. The van der Waals surface area contributed by atoms with Gasteiger partial charge in [-0.05, 0) is 40.4 Å². The number of amides is 1. The monoisotopic (exact) mass is 466 g/mol. The summed E-state index contributed by atoms with van der Waals surface area (Å²) >= 11 is 0. The summed E-state index contributed by atoms with van der Waals surface area (Å²) in [5.41, 5.74) is 2.12. The van der Waals surface area contributed by atoms with Crippen LogP contribution in [0.3, 0.4) is 0 Å². The Labute approximate surface area is 200 Å². The lowest BCUT2D eigenvalue weighted by Gasteiger charge is -2.20. The van der Waals surface area contributed by atoms with Gasteiger partial charge in [0.15, 0.2) is 0 Å². The average Bonchev–Trinajstić information content (AvgIpc) is 3.37. The smallest absolute Gasteiger partial charge is 0.229 e. The highest BCUT2D eigenvalue weighted by Gasteiger charge is 2.23. The zero-order valence-electron chi connectivity index (χ0n) is 20.3. The second-order valence-electron chi connectivity index (χ2n) is 9.22. The van der Waals surface area contributed by atoms with Gasteiger partial charge >= 0.3 is 0 Å². The number of hydrogen-bond donors (Lipinski definition) is 2. The molecule has 34 heavy (non-hydrogen) atoms. The number of likely N-dealkylation sites (N-methyl/N-ethyl adjacent to an activating group) is 2. The SMILES string of the molecule is Cc1nn(C2CCN(C)C2)cc1Nc1ncc(C#N)c(NCCCN2CCN(C)CCC2=O)n1. The normalized spacial score (nSPS) is 19.8. The molecule has 2 fully saturated rings. The third-order valence-corrected chi connectivity index (χ3v) is 6.52. The molecule has 0 radical (unpaired) electrons. The van der Waals surface area contributed by atoms with E-state index >= 15 is 0 Å². The summed E-state index contributed by atoms with van der Waals surface area (Å²) < 4.78 is 2.02. The minimum Gasteiger partial charge on any atom is -0.369 e. The molecule has 0 aromatic carbocycles. The highest BCUT2D eigenvalue weighted by Crippen LogP contribution is 2.25. The van der Waals surface area contributed by atoms with Crippen molar-refractivity contribution in [3.8, 4) is 6.07 Å². The Balaban J connectivity index is 1.35. The molecule has 0 bridgehead atoms. The van der Waals surface area contributed by atoms with E-state index in [-0.39, 0.29) is 5.91 Å². The number of hydrogen-bond acceptors (Lipinski definition) is 9. The van der Waals surface area contributed by atoms with Gasteiger partial charge in [-0.1, -0.05) is 0 Å². The van der Waals surface area contributed by atoms with Crippen LogP contribution >= 0.6 is 0 Å². The Kier molecular flexibility index (Phi) is 7.59. The molecule has 1 amide bonds. The van der Waals surface area contributed by atoms with Crippen LogP contribution < -0.4 is 10.6 Å². The molecule has 182 valence electrons. The average molecular weight is 467 g/mol. The van der Waals surface area contributed by atoms with Crippen molar-refractivity contribution in [2.75, 3.05) is 70.5 Å². The van der Waals surface area contributed by atoms with E-state index in [1.165, 1.54) is 6.20 Å². The van der Waals surface area contributed by atoms with Crippen LogP contribution in [0.1, 0.15) is 36.6 Å². The van der Waals surface area contributed by atoms with E-state index in [2.05, 4.69) is 48.6 Å². The largest absolute Gasteiger partial charge is 0.369 e. The first-order chi connectivity index (χ1) is 16.4. The van der Waals surface area contributed by atoms with Gasteiger partial charge in [-0.25, -0.2) is 4.98 Å². The Morgan fingerprint density at radius 2 is 2.06 bits per heavy atom. The van der Waals surface area contributed by atoms with E-state index < -0.39 is 0 Å². The van der Waals surface area contributed by atoms with Crippen molar-refractivity contribution < 1.29 is 4.79 Å². The van der Waals surface area contributed by atoms with Crippen molar-refractivity contribution in [1.82, 2.24) is 34.4 Å². The van der Waals surface area contributed by atoms with E-state index in [0.29, 0.717) is 42.9 Å². The van der Waals surface area contributed by atoms with Gasteiger partial charge in [0.2, 0.25) is 11.9 Å². The zero-order valence-corrected chi connectivity index (χ0v) is 20.3. The van der Waals surface area contributed by atoms with Gasteiger partial charge < -0.3 is 25.3 Å². The molecule has 1 atom stereocenters. The number of nitriles is 1. The Morgan fingerprint density at radius 3 is 2.82 bits per heavy atom. The predicted octanol–water partition coefficient (Wildman–Crippen LogP) is 1.44. The number of nitrogens with zero attached hydrogens (tertiary/aromatic N) is 8. The lowest BCUT2D eigenvalue weighted by atomic mass is 10.3. The number of nitrogens with one attached hydrogen (secondary N) is 2. The number of likely N-dealkylation sites (tertiary alicyclic amines) is 1. The first kappa shape index (κ1) is 23.9. The maximum Gasteiger partial charge on any atom is 0.229 e. The van der Waals surface area contributed by atoms with Crippen LogP contribution in [0.4, 0.5) is 17.5 Å². The van der Waals surface area contributed by atoms with Gasteiger partial charge in [0, 0.05) is 51.9 Å². The van der Waals surface area contributed by atoms with Crippen molar-refractivity contribution in [3.05, 3.63) is 23.7 Å². The molecule has 11 heteroatoms. The van der Waals surface area contributed by atoms with E-state index in [1.54, 1.807) is 0 Å². The molecule has 2 aromatic rings. The quantitative estimate of drug-likeness (QED) is 0.557. The second kappa shape index (κ2) is 10.8. The van der Waals surface area contributed by atoms with E-state index in [1.807, 2.05) is 29.7 Å². The van der Waals surface area contributed by atoms with Crippen LogP contribution in [-0.4, -0.2) is 100 Å². The number of carbonyl (C=O) groups is 1. The lowest BCUT2D eigenvalue weighted by Crippen LogP contribution is -2.34. The molecule has 2 aromatic heterocycles. The highest BCUT2D eigenvalue weighted by atomic mass is 16.2. The number of anilines is 3. The van der Waals surface area contributed by atoms with Gasteiger partial charge in [0.05, 0.1) is 23.6 Å². The maximum absolute atomic E-state index is 12.3. The van der Waals surface area contributed by atoms with E-state index in [9.17, 15) is 10.1 Å². The summed E-state index contributed by atoms with van der Waals surface area (Å²) in [5, 5.41) is 20.6. The predicted molar refractivity (Wildman–Crippen MR) is 130 cm³/mol. The summed E-state index contributed by atoms with van der Waals surface area (Å²) in [6.45, 7) is 7.78. The molecule has 2 saturated heterocycles. The number of aromatic nitrogens is 4. The number of carbonyl (C=O) groups excluding carboxylic acids is 1. The van der Waals surface area contributed by atoms with E-state index in [4.69, 9.17) is 0 Å². The van der Waals surface area contributed by atoms with Crippen molar-refractivity contribution >= 4 is 23.4 Å². The van der Waals surface area contributed by atoms with Crippen molar-refractivity contribution in [2.24, 2.45) is 0 Å². The minimum atomic E-state index is 0.204. The summed E-state index contributed by atoms with van der Waals surface area (Å²) in [6, 6.07) is 2.52. The fraction of sp³-hybridized carbons (Fsp3) is 0.609. The van der Waals surface area contributed by atoms with Gasteiger partial charge in [0.25, 0.3) is 0 Å². The summed E-state index contributed by atoms with van der Waals surface area (Å²) in [6.07, 6.45) is 5.95. The molecule has 0 spiro atoms. The third kappa shape index (κ3) is 5.81.